The Morgan fingerprint density at radius 1 is 1.16 bits per heavy atom. The summed E-state index contributed by atoms with van der Waals surface area (Å²) >= 11 is 0. The number of rotatable bonds is 5. The van der Waals surface area contributed by atoms with Gasteiger partial charge in [-0.2, -0.15) is 0 Å². The third kappa shape index (κ3) is 3.59. The van der Waals surface area contributed by atoms with Crippen molar-refractivity contribution < 1.29 is 28.2 Å². The van der Waals surface area contributed by atoms with E-state index in [1.54, 1.807) is 43.3 Å². The second-order valence-corrected chi connectivity index (χ2v) is 7.08. The third-order valence-corrected chi connectivity index (χ3v) is 5.10. The summed E-state index contributed by atoms with van der Waals surface area (Å²) in [5.41, 5.74) is 0.824. The van der Waals surface area contributed by atoms with Crippen LogP contribution in [-0.4, -0.2) is 23.4 Å². The molecule has 7 heteroatoms. The number of hydrogen-bond acceptors (Lipinski definition) is 5. The number of amides is 1. The van der Waals surface area contributed by atoms with Crippen molar-refractivity contribution in [3.8, 4) is 5.75 Å². The van der Waals surface area contributed by atoms with E-state index in [-0.39, 0.29) is 11.1 Å². The molecule has 0 radical (unpaired) electrons. The summed E-state index contributed by atoms with van der Waals surface area (Å²) in [6, 6.07) is 13.0. The van der Waals surface area contributed by atoms with Crippen LogP contribution >= 0.6 is 0 Å². The molecule has 1 saturated heterocycles. The molecule has 2 heterocycles. The molecule has 0 aliphatic carbocycles. The van der Waals surface area contributed by atoms with E-state index < -0.39 is 29.3 Å². The van der Waals surface area contributed by atoms with Gasteiger partial charge in [0.15, 0.2) is 0 Å². The minimum absolute atomic E-state index is 0.132. The van der Waals surface area contributed by atoms with Gasteiger partial charge in [-0.15, -0.1) is 0 Å². The number of carbonyl (C=O) groups is 2. The second kappa shape index (κ2) is 8.10. The highest BCUT2D eigenvalue weighted by atomic mass is 19.1. The lowest BCUT2D eigenvalue weighted by molar-refractivity contribution is -0.132. The summed E-state index contributed by atoms with van der Waals surface area (Å²) in [4.78, 5) is 27.3. The van der Waals surface area contributed by atoms with Gasteiger partial charge in [0.25, 0.3) is 11.7 Å². The molecular formula is C24H20FNO5. The molecule has 1 aliphatic rings. The lowest BCUT2D eigenvalue weighted by Crippen LogP contribution is -2.29. The molecule has 2 aromatic carbocycles. The van der Waals surface area contributed by atoms with Crippen LogP contribution in [0.25, 0.3) is 5.76 Å². The third-order valence-electron chi connectivity index (χ3n) is 5.10. The Bertz CT molecular complexity index is 1180. The Labute approximate surface area is 178 Å². The average molecular weight is 421 g/mol. The lowest BCUT2D eigenvalue weighted by atomic mass is 9.98. The van der Waals surface area contributed by atoms with Gasteiger partial charge in [-0.1, -0.05) is 6.07 Å². The molecule has 0 bridgehead atoms. The van der Waals surface area contributed by atoms with Crippen LogP contribution in [0.1, 0.15) is 29.9 Å². The largest absolute Gasteiger partial charge is 0.507 e. The van der Waals surface area contributed by atoms with Crippen LogP contribution in [0.3, 0.4) is 0 Å². The van der Waals surface area contributed by atoms with Gasteiger partial charge in [-0.3, -0.25) is 14.5 Å². The average Bonchev–Trinajstić information content (AvgIpc) is 3.37. The van der Waals surface area contributed by atoms with Gasteiger partial charge in [0.05, 0.1) is 18.4 Å². The summed E-state index contributed by atoms with van der Waals surface area (Å²) in [6.07, 6.45) is 1.42. The smallest absolute Gasteiger partial charge is 0.300 e. The molecule has 1 aromatic heterocycles. The number of aryl methyl sites for hydroxylation is 1. The van der Waals surface area contributed by atoms with Crippen LogP contribution in [0.5, 0.6) is 5.75 Å². The number of furan rings is 1. The fourth-order valence-corrected chi connectivity index (χ4v) is 3.65. The number of carbonyl (C=O) groups excluding carboxylic acids is 2. The van der Waals surface area contributed by atoms with Crippen molar-refractivity contribution in [3.05, 3.63) is 89.1 Å². The van der Waals surface area contributed by atoms with Crippen LogP contribution in [0, 0.1) is 12.7 Å². The van der Waals surface area contributed by atoms with Crippen molar-refractivity contribution >= 4 is 23.1 Å². The SMILES string of the molecule is CCOc1cccc(N2C(=O)C(=O)/C(=C(\O)c3ccc(F)c(C)c3)C2c2ccco2)c1. The zero-order valence-corrected chi connectivity index (χ0v) is 17.0. The maximum Gasteiger partial charge on any atom is 0.300 e. The number of aliphatic hydroxyl groups is 1. The van der Waals surface area contributed by atoms with E-state index in [2.05, 4.69) is 0 Å². The number of ether oxygens (including phenoxy) is 1. The maximum absolute atomic E-state index is 13.7. The topological polar surface area (TPSA) is 80.0 Å². The highest BCUT2D eigenvalue weighted by Gasteiger charge is 2.48. The Balaban J connectivity index is 1.90. The minimum Gasteiger partial charge on any atom is -0.507 e. The lowest BCUT2D eigenvalue weighted by Gasteiger charge is -2.23. The zero-order valence-electron chi connectivity index (χ0n) is 17.0. The molecule has 4 rings (SSSR count). The normalized spacial score (nSPS) is 17.9. The predicted molar refractivity (Wildman–Crippen MR) is 112 cm³/mol. The maximum atomic E-state index is 13.7. The minimum atomic E-state index is -0.989. The van der Waals surface area contributed by atoms with E-state index in [4.69, 9.17) is 9.15 Å². The Hall–Kier alpha value is -3.87. The van der Waals surface area contributed by atoms with Crippen molar-refractivity contribution in [3.63, 3.8) is 0 Å². The molecule has 0 saturated carbocycles. The first-order chi connectivity index (χ1) is 14.9. The first kappa shape index (κ1) is 20.4. The molecule has 0 spiro atoms. The molecular weight excluding hydrogens is 401 g/mol. The predicted octanol–water partition coefficient (Wildman–Crippen LogP) is 4.75. The number of aliphatic hydroxyl groups excluding tert-OH is 1. The van der Waals surface area contributed by atoms with Gasteiger partial charge in [0.1, 0.15) is 29.1 Å². The van der Waals surface area contributed by atoms with Gasteiger partial charge in [-0.05, 0) is 61.9 Å². The van der Waals surface area contributed by atoms with Gasteiger partial charge in [-0.25, -0.2) is 4.39 Å². The highest BCUT2D eigenvalue weighted by Crippen LogP contribution is 2.43. The quantitative estimate of drug-likeness (QED) is 0.365. The van der Waals surface area contributed by atoms with E-state index in [0.717, 1.165) is 0 Å². The van der Waals surface area contributed by atoms with E-state index in [0.29, 0.717) is 29.4 Å². The van der Waals surface area contributed by atoms with Gasteiger partial charge in [0.2, 0.25) is 0 Å². The zero-order chi connectivity index (χ0) is 22.1. The van der Waals surface area contributed by atoms with Crippen LogP contribution < -0.4 is 9.64 Å². The van der Waals surface area contributed by atoms with Crippen molar-refractivity contribution in [1.82, 2.24) is 0 Å². The monoisotopic (exact) mass is 421 g/mol. The van der Waals surface area contributed by atoms with Crippen LogP contribution in [0.4, 0.5) is 10.1 Å². The van der Waals surface area contributed by atoms with Crippen molar-refractivity contribution in [2.75, 3.05) is 11.5 Å². The molecule has 1 N–H and O–H groups in total. The van der Waals surface area contributed by atoms with E-state index in [1.165, 1.54) is 29.4 Å². The summed E-state index contributed by atoms with van der Waals surface area (Å²) in [5.74, 6) is -1.66. The number of benzene rings is 2. The first-order valence-electron chi connectivity index (χ1n) is 9.76. The number of ketones is 1. The Morgan fingerprint density at radius 3 is 2.65 bits per heavy atom. The number of halogens is 1. The summed E-state index contributed by atoms with van der Waals surface area (Å²) < 4.78 is 24.7. The standard InChI is InChI=1S/C24H20FNO5/c1-3-30-17-7-4-6-16(13-17)26-21(19-8-5-11-31-19)20(23(28)24(26)29)22(27)15-9-10-18(25)14(2)12-15/h4-13,21,27H,3H2,1-2H3/b22-20-. The van der Waals surface area contributed by atoms with Crippen molar-refractivity contribution in [2.45, 2.75) is 19.9 Å². The molecule has 31 heavy (non-hydrogen) atoms. The summed E-state index contributed by atoms with van der Waals surface area (Å²) in [6.45, 7) is 3.83. The summed E-state index contributed by atoms with van der Waals surface area (Å²) in [5, 5.41) is 11.0. The number of anilines is 1. The van der Waals surface area contributed by atoms with E-state index >= 15 is 0 Å². The van der Waals surface area contributed by atoms with Crippen molar-refractivity contribution in [1.29, 1.82) is 0 Å². The molecule has 1 aliphatic heterocycles. The second-order valence-electron chi connectivity index (χ2n) is 7.08. The number of hydrogen-bond donors (Lipinski definition) is 1. The molecule has 1 atom stereocenters. The van der Waals surface area contributed by atoms with Gasteiger partial charge < -0.3 is 14.3 Å². The van der Waals surface area contributed by atoms with Crippen molar-refractivity contribution in [2.24, 2.45) is 0 Å². The summed E-state index contributed by atoms with van der Waals surface area (Å²) in [7, 11) is 0. The van der Waals surface area contributed by atoms with Crippen LogP contribution in [-0.2, 0) is 9.59 Å². The van der Waals surface area contributed by atoms with Gasteiger partial charge in [0, 0.05) is 17.3 Å². The first-order valence-corrected chi connectivity index (χ1v) is 9.76. The molecule has 1 amide bonds. The molecule has 158 valence electrons. The highest BCUT2D eigenvalue weighted by molar-refractivity contribution is 6.51. The van der Waals surface area contributed by atoms with Gasteiger partial charge >= 0.3 is 0 Å². The molecule has 1 unspecified atom stereocenters. The molecule has 1 fully saturated rings. The Kier molecular flexibility index (Phi) is 5.33. The Morgan fingerprint density at radius 2 is 1.97 bits per heavy atom. The number of Topliss-reactive ketones (excluding diaryl/α,β-unsaturated/α-hetero) is 1. The van der Waals surface area contributed by atoms with Crippen LogP contribution in [0.2, 0.25) is 0 Å². The fraction of sp³-hybridized carbons (Fsp3) is 0.167. The molecule has 3 aromatic rings. The van der Waals surface area contributed by atoms with Crippen LogP contribution in [0.15, 0.2) is 70.9 Å². The molecule has 6 nitrogen and oxygen atoms in total. The van der Waals surface area contributed by atoms with E-state index in [1.807, 2.05) is 6.92 Å². The van der Waals surface area contributed by atoms with E-state index in [9.17, 15) is 19.1 Å². The number of nitrogens with zero attached hydrogens (tertiary/aromatic N) is 1. The fourth-order valence-electron chi connectivity index (χ4n) is 3.65.